The van der Waals surface area contributed by atoms with E-state index in [1.54, 1.807) is 18.2 Å². The molecule has 7 heteroatoms. The Labute approximate surface area is 188 Å². The molecule has 1 amide bonds. The van der Waals surface area contributed by atoms with Crippen molar-refractivity contribution in [2.75, 3.05) is 40.3 Å². The van der Waals surface area contributed by atoms with Crippen LogP contribution in [-0.4, -0.2) is 62.1 Å². The lowest BCUT2D eigenvalue weighted by atomic mass is 10.1. The Morgan fingerprint density at radius 2 is 1.83 bits per heavy atom. The van der Waals surface area contributed by atoms with Gasteiger partial charge in [0.05, 0.1) is 5.02 Å². The number of amides is 1. The molecule has 0 atom stereocenters. The minimum absolute atomic E-state index is 0.124. The van der Waals surface area contributed by atoms with Gasteiger partial charge in [0.2, 0.25) is 0 Å². The molecule has 0 unspecified atom stereocenters. The van der Waals surface area contributed by atoms with Crippen LogP contribution >= 0.6 is 23.2 Å². The average Bonchev–Trinajstić information content (AvgIpc) is 2.72. The van der Waals surface area contributed by atoms with Crippen LogP contribution in [0.5, 0.6) is 5.75 Å². The van der Waals surface area contributed by atoms with Crippen molar-refractivity contribution in [2.45, 2.75) is 25.5 Å². The lowest BCUT2D eigenvalue weighted by molar-refractivity contribution is 0.0948. The van der Waals surface area contributed by atoms with Crippen LogP contribution in [0.1, 0.15) is 28.8 Å². The summed E-state index contributed by atoms with van der Waals surface area (Å²) in [6.07, 6.45) is 2.01. The highest BCUT2D eigenvalue weighted by Crippen LogP contribution is 2.28. The second-order valence-electron chi connectivity index (χ2n) is 7.92. The zero-order valence-electron chi connectivity index (χ0n) is 17.5. The summed E-state index contributed by atoms with van der Waals surface area (Å²) < 4.78 is 6.13. The normalized spacial score (nSPS) is 15.4. The van der Waals surface area contributed by atoms with Gasteiger partial charge >= 0.3 is 0 Å². The molecule has 0 saturated carbocycles. The molecular formula is C23H29Cl2N3O2. The zero-order valence-corrected chi connectivity index (χ0v) is 19.0. The van der Waals surface area contributed by atoms with Gasteiger partial charge in [-0.2, -0.15) is 0 Å². The van der Waals surface area contributed by atoms with Gasteiger partial charge in [-0.15, -0.1) is 0 Å². The van der Waals surface area contributed by atoms with Crippen LogP contribution in [-0.2, 0) is 6.54 Å². The van der Waals surface area contributed by atoms with Gasteiger partial charge in [0.25, 0.3) is 5.91 Å². The van der Waals surface area contributed by atoms with Crippen molar-refractivity contribution in [3.63, 3.8) is 0 Å². The van der Waals surface area contributed by atoms with E-state index in [1.807, 2.05) is 31.1 Å². The number of likely N-dealkylation sites (tertiary alicyclic amines) is 1. The third-order valence-electron chi connectivity index (χ3n) is 5.19. The second-order valence-corrected chi connectivity index (χ2v) is 8.77. The highest BCUT2D eigenvalue weighted by atomic mass is 35.5. The average molecular weight is 450 g/mol. The molecule has 162 valence electrons. The van der Waals surface area contributed by atoms with E-state index in [-0.39, 0.29) is 12.0 Å². The minimum Gasteiger partial charge on any atom is -0.489 e. The monoisotopic (exact) mass is 449 g/mol. The van der Waals surface area contributed by atoms with Crippen LogP contribution in [0.25, 0.3) is 0 Å². The van der Waals surface area contributed by atoms with Crippen molar-refractivity contribution in [3.05, 3.63) is 63.6 Å². The van der Waals surface area contributed by atoms with Crippen molar-refractivity contribution >= 4 is 29.1 Å². The van der Waals surface area contributed by atoms with Gasteiger partial charge in [-0.05, 0) is 62.8 Å². The van der Waals surface area contributed by atoms with Crippen LogP contribution in [0, 0.1) is 0 Å². The number of benzene rings is 2. The Bertz CT molecular complexity index is 835. The van der Waals surface area contributed by atoms with Crippen LogP contribution in [0.4, 0.5) is 0 Å². The Morgan fingerprint density at radius 3 is 2.47 bits per heavy atom. The molecule has 30 heavy (non-hydrogen) atoms. The first kappa shape index (κ1) is 22.9. The molecule has 0 bridgehead atoms. The van der Waals surface area contributed by atoms with E-state index in [4.69, 9.17) is 27.9 Å². The first-order chi connectivity index (χ1) is 14.4. The van der Waals surface area contributed by atoms with E-state index in [0.717, 1.165) is 44.0 Å². The van der Waals surface area contributed by atoms with E-state index in [2.05, 4.69) is 22.3 Å². The lowest BCUT2D eigenvalue weighted by Gasteiger charge is -2.32. The van der Waals surface area contributed by atoms with E-state index < -0.39 is 0 Å². The quantitative estimate of drug-likeness (QED) is 0.651. The Balaban J connectivity index is 1.47. The lowest BCUT2D eigenvalue weighted by Crippen LogP contribution is -2.37. The molecule has 5 nitrogen and oxygen atoms in total. The molecule has 2 aromatic carbocycles. The van der Waals surface area contributed by atoms with Crippen molar-refractivity contribution in [2.24, 2.45) is 0 Å². The number of nitrogens with zero attached hydrogens (tertiary/aromatic N) is 2. The topological polar surface area (TPSA) is 44.8 Å². The standard InChI is InChI=1S/C23H29Cl2N3O2/c1-27(2)14-11-26-23(29)18-5-8-22(21(25)15-18)30-20-9-12-28(13-10-20)16-17-3-6-19(24)7-4-17/h3-8,15,20H,9-14,16H2,1-2H3,(H,26,29). The Kier molecular flexibility index (Phi) is 8.40. The smallest absolute Gasteiger partial charge is 0.251 e. The molecule has 1 saturated heterocycles. The van der Waals surface area contributed by atoms with Crippen molar-refractivity contribution in [1.29, 1.82) is 0 Å². The Morgan fingerprint density at radius 1 is 1.13 bits per heavy atom. The number of carbonyl (C=O) groups is 1. The van der Waals surface area contributed by atoms with Gasteiger partial charge in [0.1, 0.15) is 11.9 Å². The summed E-state index contributed by atoms with van der Waals surface area (Å²) in [5, 5.41) is 4.13. The molecule has 3 rings (SSSR count). The largest absolute Gasteiger partial charge is 0.489 e. The molecule has 0 spiro atoms. The summed E-state index contributed by atoms with van der Waals surface area (Å²) in [6.45, 7) is 4.24. The maximum atomic E-state index is 12.2. The highest BCUT2D eigenvalue weighted by Gasteiger charge is 2.21. The van der Waals surface area contributed by atoms with E-state index in [9.17, 15) is 4.79 Å². The SMILES string of the molecule is CN(C)CCNC(=O)c1ccc(OC2CCN(Cc3ccc(Cl)cc3)CC2)c(Cl)c1. The molecular weight excluding hydrogens is 421 g/mol. The maximum absolute atomic E-state index is 12.2. The zero-order chi connectivity index (χ0) is 21.5. The number of halogens is 2. The molecule has 0 aromatic heterocycles. The number of nitrogens with one attached hydrogen (secondary N) is 1. The number of rotatable bonds is 8. The van der Waals surface area contributed by atoms with Crippen LogP contribution in [0.15, 0.2) is 42.5 Å². The van der Waals surface area contributed by atoms with Crippen LogP contribution in [0.3, 0.4) is 0 Å². The molecule has 1 heterocycles. The molecule has 0 aliphatic carbocycles. The van der Waals surface area contributed by atoms with Gasteiger partial charge < -0.3 is 15.0 Å². The Hall–Kier alpha value is -1.79. The summed E-state index contributed by atoms with van der Waals surface area (Å²) in [5.74, 6) is 0.512. The van der Waals surface area contributed by atoms with Gasteiger partial charge in [-0.1, -0.05) is 35.3 Å². The van der Waals surface area contributed by atoms with Crippen LogP contribution < -0.4 is 10.1 Å². The molecule has 2 aromatic rings. The molecule has 0 radical (unpaired) electrons. The summed E-state index contributed by atoms with van der Waals surface area (Å²) in [6, 6.07) is 13.2. The minimum atomic E-state index is -0.124. The molecule has 1 aliphatic rings. The molecule has 1 aliphatic heterocycles. The van der Waals surface area contributed by atoms with E-state index in [0.29, 0.717) is 22.9 Å². The number of hydrogen-bond donors (Lipinski definition) is 1. The number of likely N-dealkylation sites (N-methyl/N-ethyl adjacent to an activating group) is 1. The van der Waals surface area contributed by atoms with Gasteiger partial charge in [-0.3, -0.25) is 9.69 Å². The fourth-order valence-electron chi connectivity index (χ4n) is 3.45. The maximum Gasteiger partial charge on any atom is 0.251 e. The van der Waals surface area contributed by atoms with E-state index >= 15 is 0 Å². The van der Waals surface area contributed by atoms with Crippen molar-refractivity contribution in [1.82, 2.24) is 15.1 Å². The predicted molar refractivity (Wildman–Crippen MR) is 123 cm³/mol. The fourth-order valence-corrected chi connectivity index (χ4v) is 3.80. The summed E-state index contributed by atoms with van der Waals surface area (Å²) in [7, 11) is 3.94. The molecule has 1 N–H and O–H groups in total. The van der Waals surface area contributed by atoms with Gasteiger partial charge in [-0.25, -0.2) is 0 Å². The first-order valence-corrected chi connectivity index (χ1v) is 11.0. The van der Waals surface area contributed by atoms with E-state index in [1.165, 1.54) is 5.56 Å². The first-order valence-electron chi connectivity index (χ1n) is 10.3. The number of ether oxygens (including phenoxy) is 1. The third-order valence-corrected chi connectivity index (χ3v) is 5.73. The van der Waals surface area contributed by atoms with Crippen molar-refractivity contribution in [3.8, 4) is 5.75 Å². The fraction of sp³-hybridized carbons (Fsp3) is 0.435. The summed E-state index contributed by atoms with van der Waals surface area (Å²) >= 11 is 12.4. The predicted octanol–water partition coefficient (Wildman–Crippen LogP) is 4.33. The van der Waals surface area contributed by atoms with Crippen LogP contribution in [0.2, 0.25) is 10.0 Å². The second kappa shape index (κ2) is 11.0. The van der Waals surface area contributed by atoms with Gasteiger partial charge in [0, 0.05) is 43.3 Å². The third kappa shape index (κ3) is 6.88. The summed E-state index contributed by atoms with van der Waals surface area (Å²) in [4.78, 5) is 16.7. The number of carbonyl (C=O) groups excluding carboxylic acids is 1. The van der Waals surface area contributed by atoms with Crippen molar-refractivity contribution < 1.29 is 9.53 Å². The number of hydrogen-bond acceptors (Lipinski definition) is 4. The highest BCUT2D eigenvalue weighted by molar-refractivity contribution is 6.32. The van der Waals surface area contributed by atoms with Gasteiger partial charge in [0.15, 0.2) is 0 Å². The molecule has 1 fully saturated rings. The summed E-state index contributed by atoms with van der Waals surface area (Å²) in [5.41, 5.74) is 1.81. The number of piperidine rings is 1.